The Morgan fingerprint density at radius 3 is 2.69 bits per heavy atom. The third-order valence-corrected chi connectivity index (χ3v) is 2.83. The van der Waals surface area contributed by atoms with Gasteiger partial charge in [-0.25, -0.2) is 4.98 Å². The van der Waals surface area contributed by atoms with Crippen molar-refractivity contribution >= 4 is 25.7 Å². The second-order valence-electron chi connectivity index (χ2n) is 3.69. The third kappa shape index (κ3) is 3.53. The number of aromatic nitrogens is 1. The lowest BCUT2D eigenvalue weighted by molar-refractivity contribution is 0.112. The first-order chi connectivity index (χ1) is 6.01. The Kier molecular flexibility index (Phi) is 3.01. The van der Waals surface area contributed by atoms with E-state index in [9.17, 15) is 4.79 Å². The van der Waals surface area contributed by atoms with Crippen LogP contribution in [0.3, 0.4) is 0 Å². The molecule has 68 valence electrons. The van der Waals surface area contributed by atoms with Crippen molar-refractivity contribution in [2.75, 3.05) is 0 Å². The van der Waals surface area contributed by atoms with Crippen LogP contribution in [-0.4, -0.2) is 19.3 Å². The maximum Gasteiger partial charge on any atom is 0.178 e. The Balaban J connectivity index is 2.84. The van der Waals surface area contributed by atoms with Crippen molar-refractivity contribution in [3.05, 3.63) is 16.1 Å². The van der Waals surface area contributed by atoms with E-state index in [-0.39, 0.29) is 0 Å². The van der Waals surface area contributed by atoms with Gasteiger partial charge in [-0.05, 0) is 0 Å². The largest absolute Gasteiger partial charge is 0.295 e. The highest BCUT2D eigenvalue weighted by Gasteiger charge is 2.07. The van der Waals surface area contributed by atoms with Gasteiger partial charge in [-0.3, -0.25) is 4.79 Å². The number of thiazole rings is 1. The summed E-state index contributed by atoms with van der Waals surface area (Å²) in [7, 11) is -1.33. The molecule has 0 N–H and O–H groups in total. The maximum absolute atomic E-state index is 10.3. The fraction of sp³-hybridized carbons (Fsp3) is 0.333. The van der Waals surface area contributed by atoms with Gasteiger partial charge in [0.2, 0.25) is 0 Å². The molecule has 0 saturated carbocycles. The third-order valence-electron chi connectivity index (χ3n) is 1.19. The monoisotopic (exact) mass is 209 g/mol. The molecule has 0 amide bonds. The van der Waals surface area contributed by atoms with Gasteiger partial charge < -0.3 is 0 Å². The summed E-state index contributed by atoms with van der Waals surface area (Å²) in [5.74, 6) is 2.99. The minimum Gasteiger partial charge on any atom is -0.295 e. The average molecular weight is 209 g/mol. The van der Waals surface area contributed by atoms with Gasteiger partial charge in [0.25, 0.3) is 0 Å². The molecule has 0 aliphatic heterocycles. The van der Waals surface area contributed by atoms with Crippen LogP contribution in [0.15, 0.2) is 5.38 Å². The van der Waals surface area contributed by atoms with E-state index in [0.29, 0.717) is 5.01 Å². The molecule has 0 unspecified atom stereocenters. The number of aldehydes is 1. The number of rotatable bonds is 1. The molecule has 0 spiro atoms. The van der Waals surface area contributed by atoms with E-state index >= 15 is 0 Å². The minimum atomic E-state index is -1.33. The second kappa shape index (κ2) is 3.86. The van der Waals surface area contributed by atoms with Crippen LogP contribution in [0.25, 0.3) is 0 Å². The zero-order valence-corrected chi connectivity index (χ0v) is 9.73. The SMILES string of the molecule is C[Si](C)(C)C#Cc1csc(C=O)n1. The highest BCUT2D eigenvalue weighted by molar-refractivity contribution is 7.11. The summed E-state index contributed by atoms with van der Waals surface area (Å²) in [6, 6.07) is 0. The second-order valence-corrected chi connectivity index (χ2v) is 9.33. The Labute approximate surface area is 83.0 Å². The van der Waals surface area contributed by atoms with Crippen LogP contribution in [0.2, 0.25) is 19.6 Å². The van der Waals surface area contributed by atoms with Crippen molar-refractivity contribution in [1.82, 2.24) is 4.98 Å². The zero-order chi connectivity index (χ0) is 9.90. The summed E-state index contributed by atoms with van der Waals surface area (Å²) in [6.07, 6.45) is 0.754. The van der Waals surface area contributed by atoms with Gasteiger partial charge in [-0.15, -0.1) is 16.9 Å². The number of carbonyl (C=O) groups excluding carboxylic acids is 1. The highest BCUT2D eigenvalue weighted by Crippen LogP contribution is 2.06. The van der Waals surface area contributed by atoms with Crippen LogP contribution < -0.4 is 0 Å². The molecular formula is C9H11NOSSi. The summed E-state index contributed by atoms with van der Waals surface area (Å²) < 4.78 is 0. The first kappa shape index (κ1) is 10.2. The average Bonchev–Trinajstić information content (AvgIpc) is 2.47. The molecule has 1 rings (SSSR count). The molecular weight excluding hydrogens is 198 g/mol. The van der Waals surface area contributed by atoms with E-state index in [1.807, 2.05) is 5.38 Å². The van der Waals surface area contributed by atoms with Crippen molar-refractivity contribution < 1.29 is 4.79 Å². The molecule has 0 aliphatic carbocycles. The lowest BCUT2D eigenvalue weighted by atomic mass is 10.5. The van der Waals surface area contributed by atoms with Crippen molar-refractivity contribution in [2.24, 2.45) is 0 Å². The molecule has 0 aliphatic rings. The number of hydrogen-bond acceptors (Lipinski definition) is 3. The standard InChI is InChI=1S/C9H11NOSSi/c1-13(2,3)5-4-8-7-12-9(6-11)10-8/h6-7H,1-3H3. The van der Waals surface area contributed by atoms with Crippen molar-refractivity contribution in [3.8, 4) is 11.5 Å². The summed E-state index contributed by atoms with van der Waals surface area (Å²) in [5, 5.41) is 2.32. The topological polar surface area (TPSA) is 30.0 Å². The molecule has 0 saturated heterocycles. The van der Waals surface area contributed by atoms with Gasteiger partial charge >= 0.3 is 0 Å². The van der Waals surface area contributed by atoms with Gasteiger partial charge in [0.15, 0.2) is 11.3 Å². The van der Waals surface area contributed by atoms with Gasteiger partial charge in [0.05, 0.1) is 0 Å². The van der Waals surface area contributed by atoms with E-state index in [0.717, 1.165) is 12.0 Å². The van der Waals surface area contributed by atoms with E-state index in [1.165, 1.54) is 11.3 Å². The fourth-order valence-corrected chi connectivity index (χ4v) is 1.70. The minimum absolute atomic E-state index is 0.500. The van der Waals surface area contributed by atoms with E-state index in [2.05, 4.69) is 36.1 Å². The van der Waals surface area contributed by atoms with Gasteiger partial charge in [0.1, 0.15) is 13.8 Å². The van der Waals surface area contributed by atoms with Crippen molar-refractivity contribution in [3.63, 3.8) is 0 Å². The molecule has 4 heteroatoms. The van der Waals surface area contributed by atoms with Crippen LogP contribution in [0, 0.1) is 11.5 Å². The molecule has 13 heavy (non-hydrogen) atoms. The van der Waals surface area contributed by atoms with Gasteiger partial charge in [-0.1, -0.05) is 25.6 Å². The molecule has 0 atom stereocenters. The molecule has 0 bridgehead atoms. The highest BCUT2D eigenvalue weighted by atomic mass is 32.1. The molecule has 0 radical (unpaired) electrons. The number of hydrogen-bond donors (Lipinski definition) is 0. The molecule has 1 heterocycles. The van der Waals surface area contributed by atoms with Crippen LogP contribution in [0.5, 0.6) is 0 Å². The lowest BCUT2D eigenvalue weighted by Crippen LogP contribution is -2.16. The zero-order valence-electron chi connectivity index (χ0n) is 7.92. The quantitative estimate of drug-likeness (QED) is 0.403. The van der Waals surface area contributed by atoms with Crippen LogP contribution in [0.4, 0.5) is 0 Å². The van der Waals surface area contributed by atoms with Crippen LogP contribution in [0.1, 0.15) is 15.5 Å². The number of carbonyl (C=O) groups is 1. The maximum atomic E-state index is 10.3. The smallest absolute Gasteiger partial charge is 0.178 e. The van der Waals surface area contributed by atoms with Crippen LogP contribution >= 0.6 is 11.3 Å². The molecule has 1 aromatic heterocycles. The first-order valence-electron chi connectivity index (χ1n) is 3.95. The Morgan fingerprint density at radius 1 is 1.54 bits per heavy atom. The molecule has 0 fully saturated rings. The Bertz CT molecular complexity index is 367. The Morgan fingerprint density at radius 2 is 2.23 bits per heavy atom. The molecule has 2 nitrogen and oxygen atoms in total. The number of nitrogens with zero attached hydrogens (tertiary/aromatic N) is 1. The van der Waals surface area contributed by atoms with Crippen molar-refractivity contribution in [2.45, 2.75) is 19.6 Å². The molecule has 1 aromatic rings. The molecule has 0 aromatic carbocycles. The van der Waals surface area contributed by atoms with Crippen molar-refractivity contribution in [1.29, 1.82) is 0 Å². The summed E-state index contributed by atoms with van der Waals surface area (Å²) in [5.41, 5.74) is 3.91. The van der Waals surface area contributed by atoms with E-state index in [4.69, 9.17) is 0 Å². The fourth-order valence-electron chi connectivity index (χ4n) is 0.651. The van der Waals surface area contributed by atoms with E-state index < -0.39 is 8.07 Å². The normalized spacial score (nSPS) is 10.4. The summed E-state index contributed by atoms with van der Waals surface area (Å²) in [4.78, 5) is 14.4. The van der Waals surface area contributed by atoms with E-state index in [1.54, 1.807) is 0 Å². The summed E-state index contributed by atoms with van der Waals surface area (Å²) >= 11 is 1.33. The predicted molar refractivity (Wildman–Crippen MR) is 57.7 cm³/mol. The Hall–Kier alpha value is -0.923. The van der Waals surface area contributed by atoms with Gasteiger partial charge in [-0.2, -0.15) is 0 Å². The van der Waals surface area contributed by atoms with Crippen LogP contribution in [-0.2, 0) is 0 Å². The first-order valence-corrected chi connectivity index (χ1v) is 8.33. The summed E-state index contributed by atoms with van der Waals surface area (Å²) in [6.45, 7) is 6.52. The predicted octanol–water partition coefficient (Wildman–Crippen LogP) is 2.18. The van der Waals surface area contributed by atoms with Gasteiger partial charge in [0, 0.05) is 5.38 Å². The lowest BCUT2D eigenvalue weighted by Gasteiger charge is -2.02.